The summed E-state index contributed by atoms with van der Waals surface area (Å²) in [6.45, 7) is 0. The summed E-state index contributed by atoms with van der Waals surface area (Å²) in [6.07, 6.45) is 0. The summed E-state index contributed by atoms with van der Waals surface area (Å²) in [7, 11) is 0. The van der Waals surface area contributed by atoms with Gasteiger partial charge in [0.1, 0.15) is 23.1 Å². The number of nitro groups is 1. The number of nitrogens with zero attached hydrogens (tertiary/aromatic N) is 4. The van der Waals surface area contributed by atoms with E-state index in [1.54, 1.807) is 6.07 Å². The van der Waals surface area contributed by atoms with Crippen molar-refractivity contribution in [3.05, 3.63) is 27.8 Å². The minimum absolute atomic E-state index is 0.204. The van der Waals surface area contributed by atoms with Crippen molar-refractivity contribution < 1.29 is 15.1 Å². The van der Waals surface area contributed by atoms with Gasteiger partial charge in [-0.1, -0.05) is 0 Å². The fourth-order valence-electron chi connectivity index (χ4n) is 1.71. The Balaban J connectivity index is 2.88. The van der Waals surface area contributed by atoms with E-state index in [1.165, 1.54) is 0 Å². The van der Waals surface area contributed by atoms with E-state index < -0.39 is 22.1 Å². The zero-order valence-electron chi connectivity index (χ0n) is 10.3. The van der Waals surface area contributed by atoms with Gasteiger partial charge in [0.05, 0.1) is 16.6 Å². The number of hydrogen-bond acceptors (Lipinski definition) is 9. The lowest BCUT2D eigenvalue weighted by molar-refractivity contribution is -0.384. The summed E-state index contributed by atoms with van der Waals surface area (Å²) in [5, 5.41) is 39.0. The van der Waals surface area contributed by atoms with Crippen molar-refractivity contribution in [3.63, 3.8) is 0 Å². The molecule has 0 fully saturated rings. The Kier molecular flexibility index (Phi) is 3.17. The maximum absolute atomic E-state index is 11.1. The molecule has 6 N–H and O–H groups in total. The number of nitro benzene ring substituents is 1. The lowest BCUT2D eigenvalue weighted by Crippen LogP contribution is -2.06. The summed E-state index contributed by atoms with van der Waals surface area (Å²) in [4.78, 5) is 17.6. The van der Waals surface area contributed by atoms with Gasteiger partial charge in [-0.3, -0.25) is 10.1 Å². The second kappa shape index (κ2) is 4.82. The molecule has 0 amide bonds. The first kappa shape index (κ1) is 13.8. The Morgan fingerprint density at radius 1 is 1.24 bits per heavy atom. The van der Waals surface area contributed by atoms with Crippen LogP contribution >= 0.6 is 0 Å². The highest BCUT2D eigenvalue weighted by Crippen LogP contribution is 2.39. The molecule has 21 heavy (non-hydrogen) atoms. The molecule has 0 unspecified atom stereocenters. The van der Waals surface area contributed by atoms with Crippen molar-refractivity contribution in [1.82, 2.24) is 9.97 Å². The van der Waals surface area contributed by atoms with Crippen molar-refractivity contribution in [1.29, 1.82) is 5.26 Å². The van der Waals surface area contributed by atoms with Crippen LogP contribution in [0.5, 0.6) is 11.5 Å². The molecule has 2 aromatic rings. The third kappa shape index (κ3) is 2.30. The standard InChI is InChI=1S/C11H8N6O4/c12-3-5-9(15-11(14)16-10(5)13)4-1-7(18)8(19)2-6(4)17(20)21/h1-2,18-19H,(H4,13,14,15,16). The van der Waals surface area contributed by atoms with Gasteiger partial charge in [-0.25, -0.2) is 4.98 Å². The third-order valence-electron chi connectivity index (χ3n) is 2.61. The van der Waals surface area contributed by atoms with Crippen LogP contribution in [0.25, 0.3) is 11.3 Å². The molecule has 0 aliphatic heterocycles. The van der Waals surface area contributed by atoms with E-state index >= 15 is 0 Å². The zero-order chi connectivity index (χ0) is 15.7. The fraction of sp³-hybridized carbons (Fsp3) is 0. The lowest BCUT2D eigenvalue weighted by Gasteiger charge is -2.08. The van der Waals surface area contributed by atoms with E-state index in [9.17, 15) is 20.3 Å². The van der Waals surface area contributed by atoms with E-state index in [1.807, 2.05) is 0 Å². The lowest BCUT2D eigenvalue weighted by atomic mass is 10.0. The monoisotopic (exact) mass is 288 g/mol. The van der Waals surface area contributed by atoms with Crippen LogP contribution in [0, 0.1) is 21.4 Å². The normalized spacial score (nSPS) is 10.0. The average molecular weight is 288 g/mol. The molecule has 0 bridgehead atoms. The molecule has 10 nitrogen and oxygen atoms in total. The summed E-state index contributed by atoms with van der Waals surface area (Å²) in [6, 6.07) is 3.35. The highest BCUT2D eigenvalue weighted by molar-refractivity contribution is 5.81. The number of anilines is 2. The van der Waals surface area contributed by atoms with Crippen LogP contribution in [-0.4, -0.2) is 25.1 Å². The van der Waals surface area contributed by atoms with Crippen LogP contribution < -0.4 is 11.5 Å². The van der Waals surface area contributed by atoms with Crippen molar-refractivity contribution in [2.24, 2.45) is 0 Å². The van der Waals surface area contributed by atoms with E-state index in [0.29, 0.717) is 0 Å². The van der Waals surface area contributed by atoms with Gasteiger partial charge >= 0.3 is 0 Å². The first-order valence-electron chi connectivity index (χ1n) is 5.39. The molecule has 1 aromatic carbocycles. The van der Waals surface area contributed by atoms with Crippen LogP contribution in [0.1, 0.15) is 5.56 Å². The number of benzene rings is 1. The highest BCUT2D eigenvalue weighted by Gasteiger charge is 2.24. The van der Waals surface area contributed by atoms with E-state index in [2.05, 4.69) is 9.97 Å². The fourth-order valence-corrected chi connectivity index (χ4v) is 1.71. The molecule has 1 aromatic heterocycles. The minimum Gasteiger partial charge on any atom is -0.504 e. The second-order valence-electron chi connectivity index (χ2n) is 3.92. The molecule has 0 saturated heterocycles. The molecule has 0 aliphatic rings. The summed E-state index contributed by atoms with van der Waals surface area (Å²) >= 11 is 0. The van der Waals surface area contributed by atoms with E-state index in [-0.39, 0.29) is 28.6 Å². The molecule has 2 rings (SSSR count). The average Bonchev–Trinajstić information content (AvgIpc) is 2.40. The Morgan fingerprint density at radius 3 is 2.43 bits per heavy atom. The van der Waals surface area contributed by atoms with E-state index in [0.717, 1.165) is 12.1 Å². The van der Waals surface area contributed by atoms with Gasteiger partial charge in [0.2, 0.25) is 5.95 Å². The van der Waals surface area contributed by atoms with Crippen LogP contribution in [-0.2, 0) is 0 Å². The largest absolute Gasteiger partial charge is 0.504 e. The van der Waals surface area contributed by atoms with Crippen LogP contribution in [0.3, 0.4) is 0 Å². The SMILES string of the molecule is N#Cc1c(N)nc(N)nc1-c1cc(O)c(O)cc1[N+](=O)[O-]. The number of aromatic nitrogens is 2. The first-order chi connectivity index (χ1) is 9.85. The molecule has 0 saturated carbocycles. The van der Waals surface area contributed by atoms with Gasteiger partial charge in [0.15, 0.2) is 11.5 Å². The van der Waals surface area contributed by atoms with Gasteiger partial charge in [-0.2, -0.15) is 10.2 Å². The van der Waals surface area contributed by atoms with Crippen LogP contribution in [0.2, 0.25) is 0 Å². The van der Waals surface area contributed by atoms with Gasteiger partial charge in [-0.05, 0) is 0 Å². The summed E-state index contributed by atoms with van der Waals surface area (Å²) in [5.74, 6) is -1.83. The second-order valence-corrected chi connectivity index (χ2v) is 3.92. The summed E-state index contributed by atoms with van der Waals surface area (Å²) < 4.78 is 0. The van der Waals surface area contributed by atoms with Crippen molar-refractivity contribution in [2.45, 2.75) is 0 Å². The molecular weight excluding hydrogens is 280 g/mol. The molecule has 106 valence electrons. The number of nitrogens with two attached hydrogens (primary N) is 2. The number of aromatic hydroxyl groups is 2. The highest BCUT2D eigenvalue weighted by atomic mass is 16.6. The molecule has 10 heteroatoms. The summed E-state index contributed by atoms with van der Waals surface area (Å²) in [5.41, 5.74) is 9.74. The number of nitrogen functional groups attached to an aromatic ring is 2. The maximum atomic E-state index is 11.1. The zero-order valence-corrected chi connectivity index (χ0v) is 10.3. The molecule has 1 heterocycles. The molecule has 0 atom stereocenters. The topological polar surface area (TPSA) is 185 Å². The predicted molar refractivity (Wildman–Crippen MR) is 71.0 cm³/mol. The number of phenols is 2. The van der Waals surface area contributed by atoms with Gasteiger partial charge < -0.3 is 21.7 Å². The van der Waals surface area contributed by atoms with Crippen molar-refractivity contribution in [2.75, 3.05) is 11.5 Å². The van der Waals surface area contributed by atoms with Crippen molar-refractivity contribution >= 4 is 17.5 Å². The van der Waals surface area contributed by atoms with Gasteiger partial charge in [0.25, 0.3) is 5.69 Å². The van der Waals surface area contributed by atoms with E-state index in [4.69, 9.17) is 16.7 Å². The molecule has 0 radical (unpaired) electrons. The number of phenolic OH excluding ortho intramolecular Hbond substituents is 2. The minimum atomic E-state index is -0.801. The molecule has 0 aliphatic carbocycles. The van der Waals surface area contributed by atoms with Crippen molar-refractivity contribution in [3.8, 4) is 28.8 Å². The van der Waals surface area contributed by atoms with Crippen LogP contribution in [0.4, 0.5) is 17.5 Å². The third-order valence-corrected chi connectivity index (χ3v) is 2.61. The quantitative estimate of drug-likeness (QED) is 0.346. The first-order valence-corrected chi connectivity index (χ1v) is 5.39. The smallest absolute Gasteiger partial charge is 0.282 e. The van der Waals surface area contributed by atoms with Gasteiger partial charge in [-0.15, -0.1) is 0 Å². The Labute approximate surface area is 117 Å². The predicted octanol–water partition coefficient (Wildman–Crippen LogP) is 0.499. The van der Waals surface area contributed by atoms with Gasteiger partial charge in [0, 0.05) is 6.07 Å². The number of rotatable bonds is 2. The number of nitriles is 1. The Bertz CT molecular complexity index is 798. The molecular formula is C11H8N6O4. The Morgan fingerprint density at radius 2 is 1.86 bits per heavy atom. The molecule has 0 spiro atoms. The van der Waals surface area contributed by atoms with Crippen LogP contribution in [0.15, 0.2) is 12.1 Å². The number of hydrogen-bond donors (Lipinski definition) is 4. The maximum Gasteiger partial charge on any atom is 0.282 e. The Hall–Kier alpha value is -3.61.